The minimum atomic E-state index is -0.749. The lowest BCUT2D eigenvalue weighted by atomic mass is 10.0. The highest BCUT2D eigenvalue weighted by Gasteiger charge is 2.22. The Labute approximate surface area is 163 Å². The molecule has 0 fully saturated rings. The Hall–Kier alpha value is -2.36. The maximum Gasteiger partial charge on any atom is 0.509 e. The number of Topliss-reactive ketones (excluding diaryl/α,β-unsaturated/α-hetero) is 1. The van der Waals surface area contributed by atoms with Crippen molar-refractivity contribution in [3.63, 3.8) is 0 Å². The molecule has 1 atom stereocenters. The van der Waals surface area contributed by atoms with Gasteiger partial charge in [-0.25, -0.2) is 4.79 Å². The van der Waals surface area contributed by atoms with Gasteiger partial charge in [0.25, 0.3) is 0 Å². The summed E-state index contributed by atoms with van der Waals surface area (Å²) in [5.41, 5.74) is 1.81. The third-order valence-electron chi connectivity index (χ3n) is 3.86. The molecule has 1 rings (SSSR count). The largest absolute Gasteiger partial charge is 0.509 e. The maximum atomic E-state index is 12.3. The molecule has 0 aliphatic carbocycles. The van der Waals surface area contributed by atoms with Crippen LogP contribution >= 0.6 is 0 Å². The van der Waals surface area contributed by atoms with Crippen LogP contribution in [0, 0.1) is 0 Å². The third-order valence-corrected chi connectivity index (χ3v) is 3.86. The van der Waals surface area contributed by atoms with Crippen LogP contribution in [0.25, 0.3) is 0 Å². The second-order valence-electron chi connectivity index (χ2n) is 7.71. The third kappa shape index (κ3) is 11.1. The Balaban J connectivity index is 2.44. The highest BCUT2D eigenvalue weighted by Crippen LogP contribution is 2.15. The fourth-order valence-electron chi connectivity index (χ4n) is 2.47. The number of allylic oxidation sites excluding steroid dienone is 2. The van der Waals surface area contributed by atoms with E-state index in [9.17, 15) is 9.59 Å². The van der Waals surface area contributed by atoms with E-state index in [1.807, 2.05) is 25.1 Å². The van der Waals surface area contributed by atoms with E-state index in [4.69, 9.17) is 9.47 Å². The highest BCUT2D eigenvalue weighted by molar-refractivity contribution is 5.79. The summed E-state index contributed by atoms with van der Waals surface area (Å²) in [4.78, 5) is 24.1. The number of hydrogen-bond acceptors (Lipinski definition) is 4. The predicted octanol–water partition coefficient (Wildman–Crippen LogP) is 5.81. The van der Waals surface area contributed by atoms with Crippen molar-refractivity contribution in [1.82, 2.24) is 0 Å². The summed E-state index contributed by atoms with van der Waals surface area (Å²) in [7, 11) is 0. The van der Waals surface area contributed by atoms with Gasteiger partial charge in [0.2, 0.25) is 0 Å². The van der Waals surface area contributed by atoms with Crippen LogP contribution in [-0.4, -0.2) is 23.6 Å². The zero-order valence-corrected chi connectivity index (χ0v) is 17.0. The van der Waals surface area contributed by atoms with Crippen LogP contribution in [0.4, 0.5) is 4.79 Å². The Morgan fingerprint density at radius 2 is 1.81 bits per heavy atom. The number of benzene rings is 1. The number of carbonyl (C=O) groups is 2. The van der Waals surface area contributed by atoms with Crippen LogP contribution in [0.3, 0.4) is 0 Å². The van der Waals surface area contributed by atoms with Crippen LogP contribution < -0.4 is 0 Å². The van der Waals surface area contributed by atoms with Gasteiger partial charge in [0.1, 0.15) is 17.5 Å². The molecule has 0 aliphatic rings. The van der Waals surface area contributed by atoms with Gasteiger partial charge in [0.15, 0.2) is 0 Å². The molecule has 0 saturated heterocycles. The van der Waals surface area contributed by atoms with E-state index in [1.54, 1.807) is 26.8 Å². The zero-order valence-electron chi connectivity index (χ0n) is 17.0. The first-order valence-electron chi connectivity index (χ1n) is 9.41. The highest BCUT2D eigenvalue weighted by atomic mass is 16.7. The molecule has 0 saturated carbocycles. The molecular formula is C23H32O4. The average molecular weight is 373 g/mol. The van der Waals surface area contributed by atoms with E-state index in [-0.39, 0.29) is 12.2 Å². The fourth-order valence-corrected chi connectivity index (χ4v) is 2.47. The van der Waals surface area contributed by atoms with Crippen molar-refractivity contribution in [1.29, 1.82) is 0 Å². The molecule has 27 heavy (non-hydrogen) atoms. The smallest absolute Gasteiger partial charge is 0.430 e. The number of hydrogen-bond donors (Lipinski definition) is 0. The van der Waals surface area contributed by atoms with Gasteiger partial charge in [-0.05, 0) is 46.1 Å². The molecule has 4 nitrogen and oxygen atoms in total. The number of ketones is 1. The first-order chi connectivity index (χ1) is 12.7. The number of rotatable bonds is 10. The lowest BCUT2D eigenvalue weighted by Gasteiger charge is -2.22. The molecule has 1 aromatic rings. The van der Waals surface area contributed by atoms with Crippen molar-refractivity contribution in [3.8, 4) is 0 Å². The van der Waals surface area contributed by atoms with Crippen molar-refractivity contribution >= 4 is 11.9 Å². The molecule has 0 spiro atoms. The van der Waals surface area contributed by atoms with E-state index >= 15 is 0 Å². The van der Waals surface area contributed by atoms with Gasteiger partial charge < -0.3 is 9.47 Å². The Kier molecular flexibility index (Phi) is 9.55. The van der Waals surface area contributed by atoms with E-state index in [2.05, 4.69) is 24.8 Å². The second-order valence-corrected chi connectivity index (χ2v) is 7.71. The first kappa shape index (κ1) is 22.7. The lowest BCUT2D eigenvalue weighted by molar-refractivity contribution is -0.121. The Morgan fingerprint density at radius 3 is 2.41 bits per heavy atom. The van der Waals surface area contributed by atoms with E-state index < -0.39 is 17.9 Å². The molecule has 0 aromatic heterocycles. The second kappa shape index (κ2) is 11.4. The van der Waals surface area contributed by atoms with Gasteiger partial charge in [0, 0.05) is 19.3 Å². The summed E-state index contributed by atoms with van der Waals surface area (Å²) in [5, 5.41) is 0. The molecule has 1 aromatic carbocycles. The molecule has 0 N–H and O–H groups in total. The van der Waals surface area contributed by atoms with Crippen LogP contribution in [-0.2, 0) is 20.7 Å². The summed E-state index contributed by atoms with van der Waals surface area (Å²) in [6.45, 7) is 11.0. The molecule has 0 unspecified atom stereocenters. The van der Waals surface area contributed by atoms with Gasteiger partial charge in [-0.2, -0.15) is 0 Å². The summed E-state index contributed by atoms with van der Waals surface area (Å²) in [6, 6.07) is 10.2. The van der Waals surface area contributed by atoms with E-state index in [1.165, 1.54) is 11.1 Å². The monoisotopic (exact) mass is 372 g/mol. The molecule has 0 radical (unpaired) electrons. The fraction of sp³-hybridized carbons (Fsp3) is 0.478. The van der Waals surface area contributed by atoms with Crippen molar-refractivity contribution in [3.05, 3.63) is 60.2 Å². The molecule has 0 aliphatic heterocycles. The average Bonchev–Trinajstić information content (AvgIpc) is 2.57. The van der Waals surface area contributed by atoms with Gasteiger partial charge in [-0.15, -0.1) is 6.58 Å². The van der Waals surface area contributed by atoms with Crippen LogP contribution in [0.5, 0.6) is 0 Å². The normalized spacial score (nSPS) is 13.0. The minimum Gasteiger partial charge on any atom is -0.430 e. The molecular weight excluding hydrogens is 340 g/mol. The Morgan fingerprint density at radius 1 is 1.15 bits per heavy atom. The van der Waals surface area contributed by atoms with Crippen molar-refractivity contribution in [2.75, 3.05) is 0 Å². The minimum absolute atomic E-state index is 0.0675. The molecule has 0 heterocycles. The lowest BCUT2D eigenvalue weighted by Crippen LogP contribution is -2.28. The van der Waals surface area contributed by atoms with Gasteiger partial charge in [-0.1, -0.05) is 48.1 Å². The molecule has 0 bridgehead atoms. The number of carbonyl (C=O) groups excluding carboxylic acids is 2. The first-order valence-corrected chi connectivity index (χ1v) is 9.41. The maximum absolute atomic E-state index is 12.3. The van der Waals surface area contributed by atoms with E-state index in [0.29, 0.717) is 19.3 Å². The molecule has 4 heteroatoms. The zero-order chi connectivity index (χ0) is 20.3. The summed E-state index contributed by atoms with van der Waals surface area (Å²) < 4.78 is 10.4. The van der Waals surface area contributed by atoms with Crippen LogP contribution in [0.1, 0.15) is 58.9 Å². The van der Waals surface area contributed by atoms with Crippen LogP contribution in [0.15, 0.2) is 54.6 Å². The summed E-state index contributed by atoms with van der Waals surface area (Å²) >= 11 is 0. The van der Waals surface area contributed by atoms with Gasteiger partial charge in [0.05, 0.1) is 0 Å². The standard InChI is InChI=1S/C23H32O4/c1-6-10-21(26-22(25)27-23(3,4)5)17-20(24)16-14-18(2)13-15-19-11-8-7-9-12-19/h6-9,11-13,21H,1,10,14-17H2,2-5H3/b18-13+/t21-/m1/s1. The van der Waals surface area contributed by atoms with Gasteiger partial charge in [-0.3, -0.25) is 4.79 Å². The van der Waals surface area contributed by atoms with E-state index in [0.717, 1.165) is 6.42 Å². The van der Waals surface area contributed by atoms with Crippen molar-refractivity contribution in [2.24, 2.45) is 0 Å². The number of ether oxygens (including phenoxy) is 2. The molecule has 0 amide bonds. The Bertz CT molecular complexity index is 638. The SMILES string of the molecule is C=CC[C@H](CC(=O)CC/C(C)=C/Cc1ccccc1)OC(=O)OC(C)(C)C. The van der Waals surface area contributed by atoms with Gasteiger partial charge >= 0.3 is 6.16 Å². The van der Waals surface area contributed by atoms with Crippen molar-refractivity contribution in [2.45, 2.75) is 71.5 Å². The topological polar surface area (TPSA) is 52.6 Å². The quantitative estimate of drug-likeness (QED) is 0.384. The van der Waals surface area contributed by atoms with Crippen LogP contribution in [0.2, 0.25) is 0 Å². The molecule has 148 valence electrons. The van der Waals surface area contributed by atoms with Crippen molar-refractivity contribution < 1.29 is 19.1 Å². The summed E-state index contributed by atoms with van der Waals surface area (Å²) in [5.74, 6) is 0.0675. The summed E-state index contributed by atoms with van der Waals surface area (Å²) in [6.07, 6.45) is 5.13. The predicted molar refractivity (Wildman–Crippen MR) is 109 cm³/mol.